The van der Waals surface area contributed by atoms with E-state index >= 15 is 0 Å². The highest BCUT2D eigenvalue weighted by atomic mass is 16.5. The van der Waals surface area contributed by atoms with Crippen molar-refractivity contribution in [3.8, 4) is 6.07 Å². The molecule has 1 amide bonds. The molecule has 2 aromatic rings. The van der Waals surface area contributed by atoms with Gasteiger partial charge in [-0.1, -0.05) is 33.1 Å². The van der Waals surface area contributed by atoms with E-state index in [4.69, 9.17) is 4.74 Å². The third kappa shape index (κ3) is 4.41. The lowest BCUT2D eigenvalue weighted by atomic mass is 9.81. The van der Waals surface area contributed by atoms with Gasteiger partial charge >= 0.3 is 5.97 Å². The number of pyridine rings is 1. The number of aromatic nitrogens is 3. The molecule has 0 unspecified atom stereocenters. The molecule has 1 fully saturated rings. The van der Waals surface area contributed by atoms with Crippen LogP contribution >= 0.6 is 0 Å². The minimum Gasteiger partial charge on any atom is -0.452 e. The fourth-order valence-corrected chi connectivity index (χ4v) is 4.08. The maximum atomic E-state index is 12.9. The number of carbonyl (C=O) groups is 2. The zero-order valence-electron chi connectivity index (χ0n) is 19.0. The molecule has 3 rings (SSSR count). The molecule has 0 aromatic carbocycles. The van der Waals surface area contributed by atoms with Crippen LogP contribution in [-0.2, 0) is 9.53 Å². The Kier molecular flexibility index (Phi) is 6.63. The first-order valence-corrected chi connectivity index (χ1v) is 10.9. The van der Waals surface area contributed by atoms with Gasteiger partial charge in [0.2, 0.25) is 0 Å². The molecule has 0 radical (unpaired) electrons. The number of hydrogen-bond donors (Lipinski definition) is 0. The van der Waals surface area contributed by atoms with Crippen LogP contribution in [0.5, 0.6) is 0 Å². The molecule has 0 atom stereocenters. The van der Waals surface area contributed by atoms with Crippen molar-refractivity contribution in [1.82, 2.24) is 19.7 Å². The molecule has 2 heterocycles. The van der Waals surface area contributed by atoms with Gasteiger partial charge in [0.05, 0.1) is 23.2 Å². The van der Waals surface area contributed by atoms with Crippen LogP contribution in [0, 0.1) is 11.3 Å². The van der Waals surface area contributed by atoms with Crippen LogP contribution < -0.4 is 0 Å². The van der Waals surface area contributed by atoms with Crippen molar-refractivity contribution in [3.05, 3.63) is 23.5 Å². The van der Waals surface area contributed by atoms with Crippen molar-refractivity contribution in [2.45, 2.75) is 77.3 Å². The third-order valence-corrected chi connectivity index (χ3v) is 6.12. The zero-order valence-corrected chi connectivity index (χ0v) is 19.0. The Bertz CT molecular complexity index is 1010. The summed E-state index contributed by atoms with van der Waals surface area (Å²) in [6.07, 6.45) is 5.81. The lowest BCUT2D eigenvalue weighted by Gasteiger charge is -2.38. The van der Waals surface area contributed by atoms with Gasteiger partial charge in [-0.2, -0.15) is 10.4 Å². The lowest BCUT2D eigenvalue weighted by molar-refractivity contribution is -0.138. The van der Waals surface area contributed by atoms with Gasteiger partial charge in [-0.15, -0.1) is 0 Å². The molecule has 8 nitrogen and oxygen atoms in total. The van der Waals surface area contributed by atoms with Crippen LogP contribution in [0.3, 0.4) is 0 Å². The van der Waals surface area contributed by atoms with E-state index in [2.05, 4.69) is 16.2 Å². The van der Waals surface area contributed by atoms with E-state index < -0.39 is 18.1 Å². The van der Waals surface area contributed by atoms with Crippen LogP contribution in [0.2, 0.25) is 0 Å². The van der Waals surface area contributed by atoms with Gasteiger partial charge < -0.3 is 9.64 Å². The number of carbonyl (C=O) groups excluding carboxylic acids is 2. The van der Waals surface area contributed by atoms with E-state index in [-0.39, 0.29) is 17.9 Å². The van der Waals surface area contributed by atoms with Crippen molar-refractivity contribution in [3.63, 3.8) is 0 Å². The zero-order chi connectivity index (χ0) is 22.8. The number of esters is 1. The monoisotopic (exact) mass is 425 g/mol. The molecule has 0 spiro atoms. The van der Waals surface area contributed by atoms with Gasteiger partial charge in [0, 0.05) is 18.8 Å². The van der Waals surface area contributed by atoms with Crippen LogP contribution in [-0.4, -0.2) is 50.7 Å². The summed E-state index contributed by atoms with van der Waals surface area (Å²) in [5.41, 5.74) is 0.927. The first kappa shape index (κ1) is 22.7. The van der Waals surface area contributed by atoms with Gasteiger partial charge in [0.15, 0.2) is 12.3 Å². The van der Waals surface area contributed by atoms with Gasteiger partial charge in [0.25, 0.3) is 5.91 Å². The number of likely N-dealkylation sites (N-methyl/N-ethyl adjacent to an activating group) is 1. The molecule has 1 aliphatic carbocycles. The fraction of sp³-hybridized carbons (Fsp3) is 0.609. The highest BCUT2D eigenvalue weighted by Gasteiger charge is 2.39. The molecule has 166 valence electrons. The summed E-state index contributed by atoms with van der Waals surface area (Å²) in [5, 5.41) is 14.7. The van der Waals surface area contributed by atoms with Gasteiger partial charge in [-0.3, -0.25) is 4.79 Å². The molecule has 0 saturated heterocycles. The first-order chi connectivity index (χ1) is 14.7. The van der Waals surface area contributed by atoms with E-state index in [1.807, 2.05) is 27.7 Å². The molecular formula is C23H31N5O3. The molecule has 0 bridgehead atoms. The second kappa shape index (κ2) is 9.04. The predicted octanol–water partition coefficient (Wildman–Crippen LogP) is 3.98. The fourth-order valence-electron chi connectivity index (χ4n) is 4.08. The molecule has 31 heavy (non-hydrogen) atoms. The van der Waals surface area contributed by atoms with E-state index in [1.165, 1.54) is 4.90 Å². The van der Waals surface area contributed by atoms with Crippen LogP contribution in [0.4, 0.5) is 0 Å². The SMILES string of the molecule is CC(C)c1cc(C(=O)OCC(=O)N(C)C2(C#N)CCCCC2)c2cnn(C(C)C)c2n1. The number of fused-ring (bicyclic) bond motifs is 1. The van der Waals surface area contributed by atoms with Crippen LogP contribution in [0.25, 0.3) is 11.0 Å². The average Bonchev–Trinajstić information content (AvgIpc) is 3.20. The Morgan fingerprint density at radius 3 is 2.52 bits per heavy atom. The summed E-state index contributed by atoms with van der Waals surface area (Å²) in [7, 11) is 1.62. The summed E-state index contributed by atoms with van der Waals surface area (Å²) < 4.78 is 7.17. The Labute approximate surface area is 183 Å². The minimum atomic E-state index is -0.811. The van der Waals surface area contributed by atoms with Crippen molar-refractivity contribution in [2.24, 2.45) is 0 Å². The van der Waals surface area contributed by atoms with Crippen molar-refractivity contribution < 1.29 is 14.3 Å². The normalized spacial score (nSPS) is 15.8. The van der Waals surface area contributed by atoms with E-state index in [0.717, 1.165) is 25.0 Å². The van der Waals surface area contributed by atoms with Crippen LogP contribution in [0.15, 0.2) is 12.3 Å². The summed E-state index contributed by atoms with van der Waals surface area (Å²) in [6, 6.07) is 4.12. The largest absolute Gasteiger partial charge is 0.452 e. The standard InChI is InChI=1S/C23H31N5O3/c1-15(2)19-11-17(18-12-25-28(16(3)4)21(18)26-19)22(30)31-13-20(29)27(5)23(14-24)9-7-6-8-10-23/h11-12,15-16H,6-10,13H2,1-5H3. The predicted molar refractivity (Wildman–Crippen MR) is 116 cm³/mol. The molecule has 2 aromatic heterocycles. The summed E-state index contributed by atoms with van der Waals surface area (Å²) in [4.78, 5) is 31.8. The molecule has 0 aliphatic heterocycles. The maximum Gasteiger partial charge on any atom is 0.339 e. The Morgan fingerprint density at radius 1 is 1.26 bits per heavy atom. The van der Waals surface area contributed by atoms with Gasteiger partial charge in [-0.05, 0) is 38.7 Å². The van der Waals surface area contributed by atoms with Gasteiger partial charge in [-0.25, -0.2) is 14.5 Å². The molecule has 1 aliphatic rings. The number of amides is 1. The number of rotatable bonds is 6. The number of nitriles is 1. The highest BCUT2D eigenvalue weighted by molar-refractivity contribution is 6.03. The molecule has 0 N–H and O–H groups in total. The molecule has 8 heteroatoms. The first-order valence-electron chi connectivity index (χ1n) is 10.9. The van der Waals surface area contributed by atoms with E-state index in [0.29, 0.717) is 29.4 Å². The summed E-state index contributed by atoms with van der Waals surface area (Å²) in [6.45, 7) is 7.60. The topological polar surface area (TPSA) is 101 Å². The van der Waals surface area contributed by atoms with Crippen molar-refractivity contribution >= 4 is 22.9 Å². The number of nitrogens with zero attached hydrogens (tertiary/aromatic N) is 5. The van der Waals surface area contributed by atoms with Crippen molar-refractivity contribution in [2.75, 3.05) is 13.7 Å². The van der Waals surface area contributed by atoms with E-state index in [1.54, 1.807) is 24.0 Å². The highest BCUT2D eigenvalue weighted by Crippen LogP contribution is 2.32. The second-order valence-corrected chi connectivity index (χ2v) is 8.90. The second-order valence-electron chi connectivity index (χ2n) is 8.90. The maximum absolute atomic E-state index is 12.9. The Balaban J connectivity index is 1.82. The summed E-state index contributed by atoms with van der Waals surface area (Å²) in [5.74, 6) is -0.848. The third-order valence-electron chi connectivity index (χ3n) is 6.12. The minimum absolute atomic E-state index is 0.0872. The number of hydrogen-bond acceptors (Lipinski definition) is 6. The smallest absolute Gasteiger partial charge is 0.339 e. The lowest BCUT2D eigenvalue weighted by Crippen LogP contribution is -2.51. The van der Waals surface area contributed by atoms with Gasteiger partial charge in [0.1, 0.15) is 5.54 Å². The molecular weight excluding hydrogens is 394 g/mol. The quantitative estimate of drug-likeness (QED) is 0.649. The average molecular weight is 426 g/mol. The Morgan fingerprint density at radius 2 is 1.94 bits per heavy atom. The molecule has 1 saturated carbocycles. The Hall–Kier alpha value is -2.95. The summed E-state index contributed by atoms with van der Waals surface area (Å²) >= 11 is 0. The van der Waals surface area contributed by atoms with Crippen LogP contribution in [0.1, 0.15) is 87.8 Å². The van der Waals surface area contributed by atoms with E-state index in [9.17, 15) is 14.9 Å². The number of ether oxygens (including phenoxy) is 1. The van der Waals surface area contributed by atoms with Crippen molar-refractivity contribution in [1.29, 1.82) is 5.26 Å².